The van der Waals surface area contributed by atoms with Crippen LogP contribution in [-0.2, 0) is 12.8 Å². The Balaban J connectivity index is 1.89. The van der Waals surface area contributed by atoms with Crippen molar-refractivity contribution in [3.8, 4) is 6.07 Å². The van der Waals surface area contributed by atoms with Crippen LogP contribution in [0.4, 0.5) is 5.00 Å². The predicted molar refractivity (Wildman–Crippen MR) is 80.3 cm³/mol. The van der Waals surface area contributed by atoms with Crippen LogP contribution in [0.2, 0.25) is 0 Å². The number of carbonyl (C=O) groups excluding carboxylic acids is 1. The number of hydrogen-bond donors (Lipinski definition) is 1. The number of anilines is 1. The topological polar surface area (TPSA) is 78.7 Å². The zero-order valence-electron chi connectivity index (χ0n) is 11.4. The molecule has 2 aromatic rings. The summed E-state index contributed by atoms with van der Waals surface area (Å²) in [5.41, 5.74) is 1.99. The van der Waals surface area contributed by atoms with Gasteiger partial charge in [-0.25, -0.2) is 4.98 Å². The Morgan fingerprint density at radius 1 is 1.29 bits per heavy atom. The van der Waals surface area contributed by atoms with E-state index in [1.165, 1.54) is 41.2 Å². The average Bonchev–Trinajstić information content (AvgIpc) is 2.68. The number of nitriles is 1. The first-order valence-corrected chi connectivity index (χ1v) is 7.73. The van der Waals surface area contributed by atoms with Crippen LogP contribution in [0.15, 0.2) is 18.6 Å². The number of amides is 1. The fourth-order valence-corrected chi connectivity index (χ4v) is 3.77. The Hall–Kier alpha value is -2.26. The monoisotopic (exact) mass is 298 g/mol. The molecule has 0 saturated heterocycles. The van der Waals surface area contributed by atoms with Gasteiger partial charge in [0.1, 0.15) is 16.8 Å². The minimum Gasteiger partial charge on any atom is -0.311 e. The number of hydrogen-bond acceptors (Lipinski definition) is 5. The molecular formula is C15H14N4OS. The minimum absolute atomic E-state index is 0.255. The summed E-state index contributed by atoms with van der Waals surface area (Å²) in [6.45, 7) is 0. The molecule has 0 atom stereocenters. The zero-order chi connectivity index (χ0) is 14.7. The fraction of sp³-hybridized carbons (Fsp3) is 0.333. The third-order valence-electron chi connectivity index (χ3n) is 3.56. The van der Waals surface area contributed by atoms with Crippen molar-refractivity contribution in [2.24, 2.45) is 0 Å². The Morgan fingerprint density at radius 3 is 2.90 bits per heavy atom. The summed E-state index contributed by atoms with van der Waals surface area (Å²) in [5, 5.41) is 12.9. The minimum atomic E-state index is -0.323. The van der Waals surface area contributed by atoms with Crippen molar-refractivity contribution < 1.29 is 4.79 Å². The highest BCUT2D eigenvalue weighted by atomic mass is 32.1. The first kappa shape index (κ1) is 13.7. The number of nitrogens with one attached hydrogen (secondary N) is 1. The molecule has 2 aromatic heterocycles. The van der Waals surface area contributed by atoms with Gasteiger partial charge in [-0.15, -0.1) is 11.3 Å². The van der Waals surface area contributed by atoms with Gasteiger partial charge in [0.25, 0.3) is 5.91 Å². The van der Waals surface area contributed by atoms with Crippen LogP contribution in [0.25, 0.3) is 0 Å². The van der Waals surface area contributed by atoms with Gasteiger partial charge in [0.15, 0.2) is 0 Å². The molecule has 0 aromatic carbocycles. The summed E-state index contributed by atoms with van der Waals surface area (Å²) in [6, 6.07) is 2.25. The number of nitrogens with zero attached hydrogens (tertiary/aromatic N) is 3. The van der Waals surface area contributed by atoms with E-state index in [4.69, 9.17) is 0 Å². The molecule has 0 bridgehead atoms. The van der Waals surface area contributed by atoms with Gasteiger partial charge in [-0.05, 0) is 31.2 Å². The summed E-state index contributed by atoms with van der Waals surface area (Å²) >= 11 is 1.52. The molecule has 106 valence electrons. The third kappa shape index (κ3) is 2.78. The molecule has 0 aliphatic heterocycles. The molecule has 0 radical (unpaired) electrons. The van der Waals surface area contributed by atoms with Gasteiger partial charge in [0.2, 0.25) is 0 Å². The summed E-state index contributed by atoms with van der Waals surface area (Å²) in [4.78, 5) is 21.2. The molecule has 0 fully saturated rings. The van der Waals surface area contributed by atoms with Crippen LogP contribution in [0.1, 0.15) is 45.8 Å². The largest absolute Gasteiger partial charge is 0.311 e. The highest BCUT2D eigenvalue weighted by Gasteiger charge is 2.21. The van der Waals surface area contributed by atoms with E-state index in [2.05, 4.69) is 21.4 Å². The van der Waals surface area contributed by atoms with E-state index >= 15 is 0 Å². The molecule has 0 spiro atoms. The highest BCUT2D eigenvalue weighted by molar-refractivity contribution is 7.16. The Kier molecular flexibility index (Phi) is 3.93. The second-order valence-electron chi connectivity index (χ2n) is 4.93. The number of thiophene rings is 1. The highest BCUT2D eigenvalue weighted by Crippen LogP contribution is 2.37. The van der Waals surface area contributed by atoms with Gasteiger partial charge in [-0.3, -0.25) is 9.78 Å². The molecule has 0 unspecified atom stereocenters. The number of fused-ring (bicyclic) bond motifs is 1. The van der Waals surface area contributed by atoms with Gasteiger partial charge in [-0.2, -0.15) is 5.26 Å². The van der Waals surface area contributed by atoms with E-state index in [1.807, 2.05) is 0 Å². The maximum atomic E-state index is 12.1. The van der Waals surface area contributed by atoms with Crippen LogP contribution in [-0.4, -0.2) is 15.9 Å². The second-order valence-corrected chi connectivity index (χ2v) is 6.03. The Labute approximate surface area is 126 Å². The van der Waals surface area contributed by atoms with Crippen LogP contribution in [0.3, 0.4) is 0 Å². The molecule has 21 heavy (non-hydrogen) atoms. The van der Waals surface area contributed by atoms with E-state index in [-0.39, 0.29) is 11.6 Å². The summed E-state index contributed by atoms with van der Waals surface area (Å²) < 4.78 is 0. The average molecular weight is 298 g/mol. The quantitative estimate of drug-likeness (QED) is 0.865. The van der Waals surface area contributed by atoms with Crippen molar-refractivity contribution in [1.29, 1.82) is 5.26 Å². The lowest BCUT2D eigenvalue weighted by molar-refractivity contribution is 0.102. The molecular weight excluding hydrogens is 284 g/mol. The first-order valence-electron chi connectivity index (χ1n) is 6.91. The Morgan fingerprint density at radius 2 is 2.14 bits per heavy atom. The van der Waals surface area contributed by atoms with Crippen LogP contribution in [0, 0.1) is 11.3 Å². The standard InChI is InChI=1S/C15H14N4OS/c16-8-11-10-4-2-1-3-5-13(10)21-15(11)19-14(20)12-9-17-6-7-18-12/h6-7,9H,1-5H2,(H,19,20). The lowest BCUT2D eigenvalue weighted by Gasteiger charge is -2.02. The van der Waals surface area contributed by atoms with Gasteiger partial charge >= 0.3 is 0 Å². The molecule has 5 nitrogen and oxygen atoms in total. The van der Waals surface area contributed by atoms with Crippen LogP contribution < -0.4 is 5.32 Å². The SMILES string of the molecule is N#Cc1c(NC(=O)c2cnccn2)sc2c1CCCCC2. The van der Waals surface area contributed by atoms with E-state index < -0.39 is 0 Å². The smallest absolute Gasteiger partial charge is 0.276 e. The lowest BCUT2D eigenvalue weighted by atomic mass is 10.1. The molecule has 1 aliphatic rings. The first-order chi connectivity index (χ1) is 10.3. The van der Waals surface area contributed by atoms with Crippen molar-refractivity contribution in [2.45, 2.75) is 32.1 Å². The molecule has 0 saturated carbocycles. The number of rotatable bonds is 2. The van der Waals surface area contributed by atoms with Gasteiger partial charge in [-0.1, -0.05) is 6.42 Å². The number of aromatic nitrogens is 2. The Bertz CT molecular complexity index is 702. The van der Waals surface area contributed by atoms with E-state index in [0.717, 1.165) is 31.2 Å². The number of carbonyl (C=O) groups is 1. The van der Waals surface area contributed by atoms with Gasteiger partial charge in [0.05, 0.1) is 11.8 Å². The third-order valence-corrected chi connectivity index (χ3v) is 4.76. The molecule has 1 N–H and O–H groups in total. The van der Waals surface area contributed by atoms with Crippen molar-refractivity contribution >= 4 is 22.2 Å². The molecule has 2 heterocycles. The molecule has 1 amide bonds. The van der Waals surface area contributed by atoms with E-state index in [0.29, 0.717) is 10.6 Å². The van der Waals surface area contributed by atoms with Crippen molar-refractivity contribution in [3.05, 3.63) is 40.3 Å². The number of aryl methyl sites for hydroxylation is 1. The van der Waals surface area contributed by atoms with Crippen molar-refractivity contribution in [1.82, 2.24) is 9.97 Å². The van der Waals surface area contributed by atoms with Gasteiger partial charge < -0.3 is 5.32 Å². The molecule has 3 rings (SSSR count). The fourth-order valence-electron chi connectivity index (χ4n) is 2.53. The summed E-state index contributed by atoms with van der Waals surface area (Å²) in [6.07, 6.45) is 9.79. The van der Waals surface area contributed by atoms with Crippen molar-refractivity contribution in [3.63, 3.8) is 0 Å². The van der Waals surface area contributed by atoms with Crippen molar-refractivity contribution in [2.75, 3.05) is 5.32 Å². The summed E-state index contributed by atoms with van der Waals surface area (Å²) in [7, 11) is 0. The maximum Gasteiger partial charge on any atom is 0.276 e. The maximum absolute atomic E-state index is 12.1. The van der Waals surface area contributed by atoms with E-state index in [1.54, 1.807) is 0 Å². The van der Waals surface area contributed by atoms with Gasteiger partial charge in [0, 0.05) is 17.3 Å². The normalized spacial score (nSPS) is 13.9. The molecule has 1 aliphatic carbocycles. The lowest BCUT2D eigenvalue weighted by Crippen LogP contribution is -2.13. The second kappa shape index (κ2) is 6.02. The van der Waals surface area contributed by atoms with Crippen LogP contribution >= 0.6 is 11.3 Å². The molecule has 6 heteroatoms. The van der Waals surface area contributed by atoms with E-state index in [9.17, 15) is 10.1 Å². The van der Waals surface area contributed by atoms with Crippen LogP contribution in [0.5, 0.6) is 0 Å². The summed E-state index contributed by atoms with van der Waals surface area (Å²) in [5.74, 6) is -0.323. The zero-order valence-corrected chi connectivity index (χ0v) is 12.2. The predicted octanol–water partition coefficient (Wildman–Crippen LogP) is 2.93.